The summed E-state index contributed by atoms with van der Waals surface area (Å²) in [6.45, 7) is 7.39. The van der Waals surface area contributed by atoms with Crippen molar-refractivity contribution in [3.05, 3.63) is 67.7 Å². The number of hydrogen-bond donors (Lipinski definition) is 1. The van der Waals surface area contributed by atoms with Gasteiger partial charge in [-0.15, -0.1) is 0 Å². The number of hydrogen-bond acceptors (Lipinski definition) is 3. The minimum absolute atomic E-state index is 0.301. The van der Waals surface area contributed by atoms with Gasteiger partial charge < -0.3 is 10.1 Å². The molecule has 0 aliphatic carbocycles. The SMILES string of the molecule is Cc1ccc(C(OC(=O)NC(C)(C)C)C(=O)c2ccc(I)cc2)cc1Cl. The van der Waals surface area contributed by atoms with Crippen molar-refractivity contribution in [1.29, 1.82) is 0 Å². The van der Waals surface area contributed by atoms with Crippen LogP contribution < -0.4 is 5.32 Å². The van der Waals surface area contributed by atoms with Gasteiger partial charge in [-0.25, -0.2) is 4.79 Å². The van der Waals surface area contributed by atoms with Crippen molar-refractivity contribution in [3.8, 4) is 0 Å². The fraction of sp³-hybridized carbons (Fsp3) is 0.300. The first kappa shape index (κ1) is 20.7. The predicted molar refractivity (Wildman–Crippen MR) is 112 cm³/mol. The number of rotatable bonds is 4. The molecule has 0 bridgehead atoms. The fourth-order valence-electron chi connectivity index (χ4n) is 2.25. The second-order valence-corrected chi connectivity index (χ2v) is 8.69. The van der Waals surface area contributed by atoms with Gasteiger partial charge in [-0.1, -0.05) is 35.9 Å². The highest BCUT2D eigenvalue weighted by Gasteiger charge is 2.28. The second-order valence-electron chi connectivity index (χ2n) is 7.04. The van der Waals surface area contributed by atoms with Crippen molar-refractivity contribution in [2.75, 3.05) is 0 Å². The van der Waals surface area contributed by atoms with Crippen molar-refractivity contribution in [3.63, 3.8) is 0 Å². The highest BCUT2D eigenvalue weighted by atomic mass is 127. The topological polar surface area (TPSA) is 55.4 Å². The molecule has 4 nitrogen and oxygen atoms in total. The monoisotopic (exact) mass is 485 g/mol. The lowest BCUT2D eigenvalue weighted by Crippen LogP contribution is -2.42. The molecule has 0 fully saturated rings. The lowest BCUT2D eigenvalue weighted by molar-refractivity contribution is 0.0607. The molecule has 0 heterocycles. The zero-order valence-electron chi connectivity index (χ0n) is 15.1. The molecule has 0 saturated heterocycles. The Labute approximate surface area is 172 Å². The predicted octanol–water partition coefficient (Wildman–Crippen LogP) is 5.70. The molecule has 2 rings (SSSR count). The second kappa shape index (κ2) is 8.39. The van der Waals surface area contributed by atoms with Gasteiger partial charge in [0.2, 0.25) is 5.78 Å². The largest absolute Gasteiger partial charge is 0.433 e. The molecule has 0 aromatic heterocycles. The van der Waals surface area contributed by atoms with Gasteiger partial charge in [-0.2, -0.15) is 0 Å². The van der Waals surface area contributed by atoms with E-state index in [0.717, 1.165) is 9.13 Å². The summed E-state index contributed by atoms with van der Waals surface area (Å²) in [5, 5.41) is 3.23. The van der Waals surface area contributed by atoms with Crippen LogP contribution in [0.15, 0.2) is 42.5 Å². The lowest BCUT2D eigenvalue weighted by atomic mass is 9.99. The number of halogens is 2. The summed E-state index contributed by atoms with van der Waals surface area (Å²) in [6.07, 6.45) is -1.73. The van der Waals surface area contributed by atoms with Crippen LogP contribution in [0.2, 0.25) is 5.02 Å². The Balaban J connectivity index is 2.37. The molecule has 2 aromatic carbocycles. The van der Waals surface area contributed by atoms with Crippen LogP contribution in [-0.2, 0) is 4.74 Å². The zero-order chi connectivity index (χ0) is 19.5. The number of alkyl carbamates (subject to hydrolysis) is 1. The van der Waals surface area contributed by atoms with Crippen LogP contribution in [0.25, 0.3) is 0 Å². The number of nitrogens with one attached hydrogen (secondary N) is 1. The maximum atomic E-state index is 13.0. The highest BCUT2D eigenvalue weighted by molar-refractivity contribution is 14.1. The number of amides is 1. The van der Waals surface area contributed by atoms with E-state index in [2.05, 4.69) is 27.9 Å². The van der Waals surface area contributed by atoms with E-state index in [9.17, 15) is 9.59 Å². The summed E-state index contributed by atoms with van der Waals surface area (Å²) in [7, 11) is 0. The van der Waals surface area contributed by atoms with E-state index in [1.54, 1.807) is 30.3 Å². The van der Waals surface area contributed by atoms with E-state index < -0.39 is 17.7 Å². The first-order valence-electron chi connectivity index (χ1n) is 8.11. The Hall–Kier alpha value is -1.60. The third-order valence-electron chi connectivity index (χ3n) is 3.57. The molecule has 0 spiro atoms. The summed E-state index contributed by atoms with van der Waals surface area (Å²) in [6, 6.07) is 12.3. The van der Waals surface area contributed by atoms with Crippen LogP contribution in [0.1, 0.15) is 48.4 Å². The Morgan fingerprint density at radius 3 is 2.27 bits per heavy atom. The molecule has 2 aromatic rings. The molecule has 1 N–H and O–H groups in total. The third-order valence-corrected chi connectivity index (χ3v) is 4.69. The molecular formula is C20H21ClINO3. The van der Waals surface area contributed by atoms with Gasteiger partial charge in [-0.05, 0) is 74.0 Å². The van der Waals surface area contributed by atoms with Crippen molar-refractivity contribution in [2.24, 2.45) is 0 Å². The highest BCUT2D eigenvalue weighted by Crippen LogP contribution is 2.27. The van der Waals surface area contributed by atoms with Crippen LogP contribution in [0, 0.1) is 10.5 Å². The number of Topliss-reactive ketones (excluding diaryl/α,β-unsaturated/α-hetero) is 1. The van der Waals surface area contributed by atoms with Crippen LogP contribution in [0.3, 0.4) is 0 Å². The molecule has 0 radical (unpaired) electrons. The third kappa shape index (κ3) is 5.71. The van der Waals surface area contributed by atoms with Crippen molar-refractivity contribution in [2.45, 2.75) is 39.3 Å². The molecule has 0 aliphatic rings. The quantitative estimate of drug-likeness (QED) is 0.446. The van der Waals surface area contributed by atoms with Crippen LogP contribution in [0.4, 0.5) is 4.79 Å². The van der Waals surface area contributed by atoms with Gasteiger partial charge in [0.15, 0.2) is 6.10 Å². The van der Waals surface area contributed by atoms with E-state index in [0.29, 0.717) is 16.1 Å². The van der Waals surface area contributed by atoms with Gasteiger partial charge in [0.1, 0.15) is 0 Å². The molecule has 1 unspecified atom stereocenters. The lowest BCUT2D eigenvalue weighted by Gasteiger charge is -2.23. The van der Waals surface area contributed by atoms with Gasteiger partial charge >= 0.3 is 6.09 Å². The fourth-order valence-corrected chi connectivity index (χ4v) is 2.80. The van der Waals surface area contributed by atoms with Crippen molar-refractivity contribution < 1.29 is 14.3 Å². The Bertz CT molecular complexity index is 813. The van der Waals surface area contributed by atoms with E-state index >= 15 is 0 Å². The number of carbonyl (C=O) groups excluding carboxylic acids is 2. The molecule has 26 heavy (non-hydrogen) atoms. The molecule has 1 atom stereocenters. The summed E-state index contributed by atoms with van der Waals surface area (Å²) in [5.74, 6) is -0.301. The van der Waals surface area contributed by atoms with E-state index in [4.69, 9.17) is 16.3 Å². The van der Waals surface area contributed by atoms with Crippen LogP contribution in [0.5, 0.6) is 0 Å². The first-order valence-corrected chi connectivity index (χ1v) is 9.57. The molecular weight excluding hydrogens is 465 g/mol. The summed E-state index contributed by atoms with van der Waals surface area (Å²) in [4.78, 5) is 25.3. The molecule has 1 amide bonds. The van der Waals surface area contributed by atoms with Gasteiger partial charge in [0, 0.05) is 25.3 Å². The van der Waals surface area contributed by atoms with Crippen LogP contribution >= 0.6 is 34.2 Å². The number of ether oxygens (including phenoxy) is 1. The number of ketones is 1. The summed E-state index contributed by atoms with van der Waals surface area (Å²) >= 11 is 8.37. The molecule has 6 heteroatoms. The molecule has 0 saturated carbocycles. The standard InChI is InChI=1S/C20H21ClINO3/c1-12-5-6-14(11-16(12)21)18(26-19(25)23-20(2,3)4)17(24)13-7-9-15(22)10-8-13/h5-11,18H,1-4H3,(H,23,25). The van der Waals surface area contributed by atoms with E-state index in [-0.39, 0.29) is 5.78 Å². The maximum Gasteiger partial charge on any atom is 0.408 e. The minimum Gasteiger partial charge on any atom is -0.433 e. The molecule has 138 valence electrons. The summed E-state index contributed by atoms with van der Waals surface area (Å²) < 4.78 is 6.51. The van der Waals surface area contributed by atoms with Crippen LogP contribution in [-0.4, -0.2) is 17.4 Å². The Morgan fingerprint density at radius 2 is 1.73 bits per heavy atom. The summed E-state index contributed by atoms with van der Waals surface area (Å²) in [5.41, 5.74) is 1.41. The average Bonchev–Trinajstić information content (AvgIpc) is 2.54. The minimum atomic E-state index is -1.07. The smallest absolute Gasteiger partial charge is 0.408 e. The average molecular weight is 486 g/mol. The van der Waals surface area contributed by atoms with Crippen molar-refractivity contribution in [1.82, 2.24) is 5.32 Å². The van der Waals surface area contributed by atoms with E-state index in [1.165, 1.54) is 0 Å². The van der Waals surface area contributed by atoms with Gasteiger partial charge in [0.25, 0.3) is 0 Å². The molecule has 0 aliphatic heterocycles. The van der Waals surface area contributed by atoms with Gasteiger partial charge in [-0.3, -0.25) is 4.79 Å². The Kier molecular flexibility index (Phi) is 6.69. The number of aryl methyl sites for hydroxylation is 1. The normalized spacial score (nSPS) is 12.4. The Morgan fingerprint density at radius 1 is 1.12 bits per heavy atom. The number of benzene rings is 2. The van der Waals surface area contributed by atoms with E-state index in [1.807, 2.05) is 39.8 Å². The van der Waals surface area contributed by atoms with Crippen molar-refractivity contribution >= 4 is 46.1 Å². The first-order chi connectivity index (χ1) is 12.1. The zero-order valence-corrected chi connectivity index (χ0v) is 18.0. The van der Waals surface area contributed by atoms with Gasteiger partial charge in [0.05, 0.1) is 0 Å². The number of carbonyl (C=O) groups is 2. The maximum absolute atomic E-state index is 13.0.